The van der Waals surface area contributed by atoms with Crippen molar-refractivity contribution in [3.05, 3.63) is 0 Å². The van der Waals surface area contributed by atoms with Crippen molar-refractivity contribution in [3.8, 4) is 0 Å². The third-order valence-electron chi connectivity index (χ3n) is 3.17. The summed E-state index contributed by atoms with van der Waals surface area (Å²) in [6.07, 6.45) is 3.28. The van der Waals surface area contributed by atoms with E-state index < -0.39 is 0 Å². The van der Waals surface area contributed by atoms with Crippen LogP contribution in [0.15, 0.2) is 4.36 Å². The lowest BCUT2D eigenvalue weighted by Gasteiger charge is -2.16. The maximum absolute atomic E-state index is 11.2. The van der Waals surface area contributed by atoms with Gasteiger partial charge in [0, 0.05) is 29.8 Å². The van der Waals surface area contributed by atoms with Gasteiger partial charge in [-0.3, -0.25) is 4.79 Å². The average Bonchev–Trinajstić information content (AvgIpc) is 2.84. The Morgan fingerprint density at radius 3 is 3.06 bits per heavy atom. The van der Waals surface area contributed by atoms with Crippen LogP contribution >= 0.6 is 11.8 Å². The lowest BCUT2D eigenvalue weighted by molar-refractivity contribution is -0.117. The Morgan fingerprint density at radius 1 is 1.47 bits per heavy atom. The molecule has 2 aliphatic rings. The van der Waals surface area contributed by atoms with Crippen molar-refractivity contribution in [1.29, 1.82) is 0 Å². The van der Waals surface area contributed by atoms with Crippen molar-refractivity contribution in [3.63, 3.8) is 0 Å². The number of urea groups is 1. The largest absolute Gasteiger partial charge is 0.332 e. The molecule has 0 bridgehead atoms. The Hall–Kier alpha value is -0.690. The number of nitrogens with one attached hydrogen (secondary N) is 2. The molecule has 2 fully saturated rings. The summed E-state index contributed by atoms with van der Waals surface area (Å²) in [5.74, 6) is 0.780. The maximum Gasteiger partial charge on any atom is 0.315 e. The number of hydrogen-bond donors (Lipinski definition) is 2. The van der Waals surface area contributed by atoms with Crippen LogP contribution in [0.4, 0.5) is 4.79 Å². The van der Waals surface area contributed by atoms with Gasteiger partial charge in [-0.05, 0) is 12.8 Å². The fraction of sp³-hybridized carbons (Fsp3) is 0.800. The van der Waals surface area contributed by atoms with Crippen molar-refractivity contribution in [1.82, 2.24) is 10.6 Å². The number of thioether (sulfide) groups is 1. The van der Waals surface area contributed by atoms with Crippen LogP contribution in [0.1, 0.15) is 25.7 Å². The van der Waals surface area contributed by atoms with E-state index in [4.69, 9.17) is 0 Å². The van der Waals surface area contributed by atoms with E-state index in [0.717, 1.165) is 25.0 Å². The van der Waals surface area contributed by atoms with Crippen molar-refractivity contribution in [2.45, 2.75) is 43.0 Å². The molecule has 3 amide bonds. The first-order valence-corrected chi connectivity index (χ1v) is 7.17. The molecular weight excluding hydrogens is 258 g/mol. The molecule has 2 N–H and O–H groups in total. The van der Waals surface area contributed by atoms with Crippen LogP contribution in [-0.2, 0) is 17.2 Å². The molecule has 2 aliphatic heterocycles. The number of amides is 3. The Balaban J connectivity index is 1.68. The zero-order valence-electron chi connectivity index (χ0n) is 9.35. The van der Waals surface area contributed by atoms with Crippen LogP contribution in [0.3, 0.4) is 0 Å². The molecule has 0 aromatic rings. The van der Waals surface area contributed by atoms with Gasteiger partial charge in [0.1, 0.15) is 0 Å². The Morgan fingerprint density at radius 2 is 2.29 bits per heavy atom. The normalized spacial score (nSPS) is 30.6. The summed E-state index contributed by atoms with van der Waals surface area (Å²) in [5, 5.41) is 6.33. The van der Waals surface area contributed by atoms with E-state index in [1.54, 1.807) is 0 Å². The molecule has 0 spiro atoms. The SMILES string of the molecule is O=C(CCCCC1SCC2NC(=O)NC21)N=S. The molecule has 2 saturated heterocycles. The maximum atomic E-state index is 11.2. The van der Waals surface area contributed by atoms with Crippen molar-refractivity contribution in [2.24, 2.45) is 4.36 Å². The molecule has 0 saturated carbocycles. The van der Waals surface area contributed by atoms with Gasteiger partial charge >= 0.3 is 6.03 Å². The van der Waals surface area contributed by atoms with Crippen LogP contribution < -0.4 is 10.6 Å². The third kappa shape index (κ3) is 3.16. The summed E-state index contributed by atoms with van der Waals surface area (Å²) in [4.78, 5) is 22.1. The lowest BCUT2D eigenvalue weighted by atomic mass is 10.0. The molecule has 0 aliphatic carbocycles. The van der Waals surface area contributed by atoms with E-state index in [1.165, 1.54) is 0 Å². The van der Waals surface area contributed by atoms with E-state index in [-0.39, 0.29) is 24.0 Å². The smallest absolute Gasteiger partial charge is 0.315 e. The van der Waals surface area contributed by atoms with Crippen LogP contribution in [0.25, 0.3) is 0 Å². The van der Waals surface area contributed by atoms with Gasteiger partial charge in [-0.1, -0.05) is 6.42 Å². The topological polar surface area (TPSA) is 70.6 Å². The van der Waals surface area contributed by atoms with E-state index >= 15 is 0 Å². The van der Waals surface area contributed by atoms with Gasteiger partial charge < -0.3 is 10.6 Å². The van der Waals surface area contributed by atoms with E-state index in [0.29, 0.717) is 11.7 Å². The van der Waals surface area contributed by atoms with Crippen LogP contribution in [-0.4, -0.2) is 35.0 Å². The minimum atomic E-state index is -0.201. The van der Waals surface area contributed by atoms with Crippen LogP contribution in [0.5, 0.6) is 0 Å². The van der Waals surface area contributed by atoms with Crippen molar-refractivity contribution < 1.29 is 9.59 Å². The van der Waals surface area contributed by atoms with Gasteiger partial charge in [0.25, 0.3) is 5.91 Å². The molecule has 17 heavy (non-hydrogen) atoms. The third-order valence-corrected chi connectivity index (χ3v) is 4.88. The molecule has 0 aromatic carbocycles. The van der Waals surface area contributed by atoms with Gasteiger partial charge in [0.2, 0.25) is 0 Å². The highest BCUT2D eigenvalue weighted by molar-refractivity contribution is 8.00. The minimum absolute atomic E-state index is 0.0506. The fourth-order valence-electron chi connectivity index (χ4n) is 2.31. The van der Waals surface area contributed by atoms with Crippen molar-refractivity contribution >= 4 is 36.1 Å². The zero-order valence-corrected chi connectivity index (χ0v) is 11.0. The Labute approximate surface area is 110 Å². The number of hydrogen-bond acceptors (Lipinski definition) is 4. The summed E-state index contributed by atoms with van der Waals surface area (Å²) in [6, 6.07) is 0.485. The molecule has 5 nitrogen and oxygen atoms in total. The number of carbonyl (C=O) groups excluding carboxylic acids is 2. The van der Waals surface area contributed by atoms with Gasteiger partial charge in [0.15, 0.2) is 0 Å². The molecule has 2 heterocycles. The predicted molar refractivity (Wildman–Crippen MR) is 68.8 cm³/mol. The first kappa shape index (κ1) is 12.8. The predicted octanol–water partition coefficient (Wildman–Crippen LogP) is 0.969. The number of carbonyl (C=O) groups is 2. The number of nitrogens with zero attached hydrogens (tertiary/aromatic N) is 1. The van der Waals surface area contributed by atoms with Crippen molar-refractivity contribution in [2.75, 3.05) is 5.75 Å². The molecule has 0 radical (unpaired) electrons. The molecule has 7 heteroatoms. The summed E-state index contributed by atoms with van der Waals surface area (Å²) >= 11 is 6.22. The molecule has 3 atom stereocenters. The highest BCUT2D eigenvalue weighted by Gasteiger charge is 2.42. The zero-order chi connectivity index (χ0) is 12.3. The van der Waals surface area contributed by atoms with Gasteiger partial charge in [-0.25, -0.2) is 4.79 Å². The first-order chi connectivity index (χ1) is 8.20. The van der Waals surface area contributed by atoms with Gasteiger partial charge in [-0.15, -0.1) is 4.36 Å². The summed E-state index contributed by atoms with van der Waals surface area (Å²) in [7, 11) is 0. The second-order valence-corrected chi connectivity index (χ2v) is 5.81. The monoisotopic (exact) mass is 273 g/mol. The Kier molecular flexibility index (Phi) is 4.33. The molecular formula is C10H15N3O2S2. The van der Waals surface area contributed by atoms with E-state index in [2.05, 4.69) is 27.4 Å². The quantitative estimate of drug-likeness (QED) is 0.578. The van der Waals surface area contributed by atoms with Crippen LogP contribution in [0.2, 0.25) is 0 Å². The Bertz CT molecular complexity index is 338. The number of fused-ring (bicyclic) bond motifs is 1. The molecule has 94 valence electrons. The average molecular weight is 273 g/mol. The minimum Gasteiger partial charge on any atom is -0.332 e. The first-order valence-electron chi connectivity index (χ1n) is 5.75. The lowest BCUT2D eigenvalue weighted by Crippen LogP contribution is -2.36. The van der Waals surface area contributed by atoms with Gasteiger partial charge in [0.05, 0.1) is 12.1 Å². The molecule has 0 aromatic heterocycles. The molecule has 2 rings (SSSR count). The summed E-state index contributed by atoms with van der Waals surface area (Å²) in [6.45, 7) is 0. The van der Waals surface area contributed by atoms with Crippen LogP contribution in [0, 0.1) is 0 Å². The van der Waals surface area contributed by atoms with Gasteiger partial charge in [-0.2, -0.15) is 11.8 Å². The number of rotatable bonds is 5. The highest BCUT2D eigenvalue weighted by atomic mass is 32.2. The number of unbranched alkanes of at least 4 members (excludes halogenated alkanes) is 1. The summed E-state index contributed by atoms with van der Waals surface area (Å²) < 4.78 is 3.19. The fourth-order valence-corrected chi connectivity index (χ4v) is 3.95. The summed E-state index contributed by atoms with van der Waals surface area (Å²) in [5.41, 5.74) is 0. The molecule has 3 unspecified atom stereocenters. The van der Waals surface area contributed by atoms with E-state index in [1.807, 2.05) is 11.8 Å². The highest BCUT2D eigenvalue weighted by Crippen LogP contribution is 2.33. The van der Waals surface area contributed by atoms with E-state index in [9.17, 15) is 9.59 Å². The second kappa shape index (κ2) is 5.77. The second-order valence-electron chi connectivity index (χ2n) is 4.35. The standard InChI is InChI=1S/C10H15N3O2S2/c14-8(13-16)4-2-1-3-7-9-6(5-17-7)11-10(15)12-9/h6-7,9H,1-5H2,(H2,11,12,15).